The molecule has 0 bridgehead atoms. The number of aryl methyl sites for hydroxylation is 2. The van der Waals surface area contributed by atoms with E-state index < -0.39 is 0 Å². The van der Waals surface area contributed by atoms with E-state index in [0.717, 1.165) is 49.7 Å². The third kappa shape index (κ3) is 10.1. The van der Waals surface area contributed by atoms with E-state index in [4.69, 9.17) is 0 Å². The van der Waals surface area contributed by atoms with Crippen molar-refractivity contribution in [3.8, 4) is 11.8 Å². The molecule has 1 saturated carbocycles. The van der Waals surface area contributed by atoms with Crippen molar-refractivity contribution >= 4 is 0 Å². The molecule has 3 rings (SSSR count). The van der Waals surface area contributed by atoms with Gasteiger partial charge in [0.2, 0.25) is 0 Å². The molecule has 0 atom stereocenters. The van der Waals surface area contributed by atoms with Crippen LogP contribution < -0.4 is 0 Å². The monoisotopic (exact) mass is 488 g/mol. The second kappa shape index (κ2) is 16.6. The van der Waals surface area contributed by atoms with Crippen molar-refractivity contribution in [3.05, 3.63) is 70.5 Å². The van der Waals surface area contributed by atoms with Crippen molar-refractivity contribution in [2.45, 2.75) is 129 Å². The van der Waals surface area contributed by atoms with Crippen LogP contribution in [-0.2, 0) is 12.8 Å². The highest BCUT2D eigenvalue weighted by Gasteiger charge is 2.21. The Balaban J connectivity index is 1.37. The van der Waals surface area contributed by atoms with Crippen molar-refractivity contribution in [1.82, 2.24) is 0 Å². The molecule has 0 N–H and O–H groups in total. The first-order valence-corrected chi connectivity index (χ1v) is 15.1. The van der Waals surface area contributed by atoms with E-state index in [9.17, 15) is 4.39 Å². The SMILES string of the molecule is CCCCCCCCCCc1ccc(C2CCC(C#Cc3ccc(CCCCC)c(F)c3)CC2)cc1. The molecular formula is C35H49F. The molecule has 1 aliphatic carbocycles. The summed E-state index contributed by atoms with van der Waals surface area (Å²) in [6.07, 6.45) is 21.2. The smallest absolute Gasteiger partial charge is 0.127 e. The van der Waals surface area contributed by atoms with Gasteiger partial charge in [0.1, 0.15) is 5.82 Å². The fourth-order valence-electron chi connectivity index (χ4n) is 5.57. The third-order valence-corrected chi connectivity index (χ3v) is 8.02. The molecule has 0 nitrogen and oxygen atoms in total. The Kier molecular flexibility index (Phi) is 13.2. The van der Waals surface area contributed by atoms with E-state index in [2.05, 4.69) is 50.0 Å². The van der Waals surface area contributed by atoms with E-state index in [1.807, 2.05) is 12.1 Å². The van der Waals surface area contributed by atoms with Crippen LogP contribution in [0, 0.1) is 23.6 Å². The molecule has 1 aliphatic rings. The molecule has 0 aliphatic heterocycles. The number of hydrogen-bond donors (Lipinski definition) is 0. The van der Waals surface area contributed by atoms with Crippen LogP contribution in [0.2, 0.25) is 0 Å². The Morgan fingerprint density at radius 1 is 0.694 bits per heavy atom. The zero-order valence-electron chi connectivity index (χ0n) is 23.1. The maximum Gasteiger partial charge on any atom is 0.127 e. The van der Waals surface area contributed by atoms with Gasteiger partial charge < -0.3 is 0 Å². The lowest BCUT2D eigenvalue weighted by atomic mass is 9.78. The molecule has 0 saturated heterocycles. The van der Waals surface area contributed by atoms with Gasteiger partial charge in [-0.25, -0.2) is 4.39 Å². The van der Waals surface area contributed by atoms with Crippen molar-refractivity contribution in [2.24, 2.45) is 5.92 Å². The van der Waals surface area contributed by atoms with Crippen LogP contribution in [0.5, 0.6) is 0 Å². The summed E-state index contributed by atoms with van der Waals surface area (Å²) < 4.78 is 14.4. The highest BCUT2D eigenvalue weighted by Crippen LogP contribution is 2.35. The van der Waals surface area contributed by atoms with Crippen LogP contribution >= 0.6 is 0 Å². The fraction of sp³-hybridized carbons (Fsp3) is 0.600. The predicted octanol–water partition coefficient (Wildman–Crippen LogP) is 10.6. The number of halogens is 1. The van der Waals surface area contributed by atoms with Gasteiger partial charge in [-0.3, -0.25) is 0 Å². The van der Waals surface area contributed by atoms with Gasteiger partial charge in [0.25, 0.3) is 0 Å². The van der Waals surface area contributed by atoms with Crippen LogP contribution in [0.4, 0.5) is 4.39 Å². The summed E-state index contributed by atoms with van der Waals surface area (Å²) in [5.74, 6) is 7.73. The minimum atomic E-state index is -0.0903. The van der Waals surface area contributed by atoms with Gasteiger partial charge in [0, 0.05) is 11.5 Å². The molecule has 1 fully saturated rings. The topological polar surface area (TPSA) is 0 Å². The zero-order valence-corrected chi connectivity index (χ0v) is 23.1. The van der Waals surface area contributed by atoms with Gasteiger partial charge in [0.15, 0.2) is 0 Å². The van der Waals surface area contributed by atoms with E-state index in [0.29, 0.717) is 11.8 Å². The van der Waals surface area contributed by atoms with Crippen LogP contribution in [0.3, 0.4) is 0 Å². The highest BCUT2D eigenvalue weighted by molar-refractivity contribution is 5.37. The van der Waals surface area contributed by atoms with Crippen molar-refractivity contribution in [1.29, 1.82) is 0 Å². The summed E-state index contributed by atoms with van der Waals surface area (Å²) in [4.78, 5) is 0. The number of unbranched alkanes of at least 4 members (excludes halogenated alkanes) is 9. The van der Waals surface area contributed by atoms with Gasteiger partial charge in [-0.1, -0.05) is 114 Å². The second-order valence-corrected chi connectivity index (χ2v) is 11.0. The minimum absolute atomic E-state index is 0.0903. The number of hydrogen-bond acceptors (Lipinski definition) is 0. The number of benzene rings is 2. The summed E-state index contributed by atoms with van der Waals surface area (Å²) >= 11 is 0. The Morgan fingerprint density at radius 3 is 1.97 bits per heavy atom. The zero-order chi connectivity index (χ0) is 25.4. The lowest BCUT2D eigenvalue weighted by Gasteiger charge is -2.26. The first-order valence-electron chi connectivity index (χ1n) is 15.1. The highest BCUT2D eigenvalue weighted by atomic mass is 19.1. The number of rotatable bonds is 14. The standard InChI is InChI=1S/C35H49F/c1-3-5-7-8-9-10-11-13-14-29-18-23-32(24-19-29)33-25-20-30(21-26-33)16-17-31-22-27-34(35(36)28-31)15-12-6-4-2/h18-19,22-24,27-28,30,33H,3-15,20-21,25-26H2,1-2H3. The molecule has 2 aromatic carbocycles. The summed E-state index contributed by atoms with van der Waals surface area (Å²) in [5, 5.41) is 0. The van der Waals surface area contributed by atoms with Gasteiger partial charge >= 0.3 is 0 Å². The molecule has 1 heteroatoms. The van der Waals surface area contributed by atoms with E-state index in [1.54, 1.807) is 6.07 Å². The summed E-state index contributed by atoms with van der Waals surface area (Å²) in [6.45, 7) is 4.46. The molecule has 0 radical (unpaired) electrons. The Labute approximate surface area is 221 Å². The van der Waals surface area contributed by atoms with Crippen molar-refractivity contribution in [3.63, 3.8) is 0 Å². The first kappa shape index (κ1) is 28.5. The van der Waals surface area contributed by atoms with Crippen molar-refractivity contribution < 1.29 is 4.39 Å². The van der Waals surface area contributed by atoms with E-state index in [1.165, 1.54) is 81.8 Å². The van der Waals surface area contributed by atoms with Crippen LogP contribution in [0.25, 0.3) is 0 Å². The van der Waals surface area contributed by atoms with Gasteiger partial charge in [0.05, 0.1) is 0 Å². The van der Waals surface area contributed by atoms with Gasteiger partial charge in [-0.05, 0) is 86.1 Å². The molecule has 196 valence electrons. The molecule has 0 amide bonds. The quantitative estimate of drug-likeness (QED) is 0.183. The van der Waals surface area contributed by atoms with Crippen LogP contribution in [0.15, 0.2) is 42.5 Å². The first-order chi connectivity index (χ1) is 17.7. The molecule has 2 aromatic rings. The van der Waals surface area contributed by atoms with Crippen LogP contribution in [0.1, 0.15) is 138 Å². The fourth-order valence-corrected chi connectivity index (χ4v) is 5.57. The lowest BCUT2D eigenvalue weighted by Crippen LogP contribution is -2.12. The summed E-state index contributed by atoms with van der Waals surface area (Å²) in [6, 6.07) is 15.0. The molecular weight excluding hydrogens is 439 g/mol. The van der Waals surface area contributed by atoms with E-state index >= 15 is 0 Å². The summed E-state index contributed by atoms with van der Waals surface area (Å²) in [5.41, 5.74) is 4.65. The molecule has 0 spiro atoms. The third-order valence-electron chi connectivity index (χ3n) is 8.02. The van der Waals surface area contributed by atoms with Crippen molar-refractivity contribution in [2.75, 3.05) is 0 Å². The Bertz CT molecular complexity index is 921. The van der Waals surface area contributed by atoms with Gasteiger partial charge in [-0.15, -0.1) is 0 Å². The maximum absolute atomic E-state index is 14.4. The van der Waals surface area contributed by atoms with Crippen LogP contribution in [-0.4, -0.2) is 0 Å². The minimum Gasteiger partial charge on any atom is -0.207 e. The average molecular weight is 489 g/mol. The molecule has 0 aromatic heterocycles. The second-order valence-electron chi connectivity index (χ2n) is 11.0. The lowest BCUT2D eigenvalue weighted by molar-refractivity contribution is 0.384. The Morgan fingerprint density at radius 2 is 1.31 bits per heavy atom. The average Bonchev–Trinajstić information content (AvgIpc) is 2.91. The predicted molar refractivity (Wildman–Crippen MR) is 154 cm³/mol. The maximum atomic E-state index is 14.4. The largest absolute Gasteiger partial charge is 0.207 e. The molecule has 0 heterocycles. The molecule has 0 unspecified atom stereocenters. The molecule has 36 heavy (non-hydrogen) atoms. The van der Waals surface area contributed by atoms with Gasteiger partial charge in [-0.2, -0.15) is 0 Å². The van der Waals surface area contributed by atoms with E-state index in [-0.39, 0.29) is 5.82 Å². The Hall–Kier alpha value is -2.07. The normalized spacial score (nSPS) is 17.5. The summed E-state index contributed by atoms with van der Waals surface area (Å²) in [7, 11) is 0.